The molecular weight excluding hydrogens is 244 g/mol. The van der Waals surface area contributed by atoms with Gasteiger partial charge in [-0.2, -0.15) is 0 Å². The van der Waals surface area contributed by atoms with Crippen LogP contribution in [-0.4, -0.2) is 52.4 Å². The van der Waals surface area contributed by atoms with Crippen LogP contribution in [0, 0.1) is 0 Å². The van der Waals surface area contributed by atoms with Crippen molar-refractivity contribution in [3.05, 3.63) is 24.0 Å². The van der Waals surface area contributed by atoms with Gasteiger partial charge in [-0.05, 0) is 25.5 Å². The number of likely N-dealkylation sites (tertiary alicyclic amines) is 1. The first-order valence-electron chi connectivity index (χ1n) is 6.79. The third-order valence-electron chi connectivity index (χ3n) is 3.62. The van der Waals surface area contributed by atoms with Gasteiger partial charge in [0.05, 0.1) is 6.10 Å². The van der Waals surface area contributed by atoms with Crippen LogP contribution in [0.2, 0.25) is 0 Å². The first-order valence-corrected chi connectivity index (χ1v) is 6.79. The summed E-state index contributed by atoms with van der Waals surface area (Å²) in [5.41, 5.74) is 1.15. The summed E-state index contributed by atoms with van der Waals surface area (Å²) in [5.74, 6) is 0.0856. The van der Waals surface area contributed by atoms with Crippen molar-refractivity contribution >= 4 is 5.91 Å². The van der Waals surface area contributed by atoms with Gasteiger partial charge in [0.25, 0.3) is 0 Å². The van der Waals surface area contributed by atoms with E-state index in [1.165, 1.54) is 0 Å². The molecule has 1 aromatic heterocycles. The average Bonchev–Trinajstić information content (AvgIpc) is 2.94. The van der Waals surface area contributed by atoms with E-state index in [1.807, 2.05) is 36.9 Å². The van der Waals surface area contributed by atoms with Gasteiger partial charge in [-0.25, -0.2) is 0 Å². The molecule has 0 bridgehead atoms. The van der Waals surface area contributed by atoms with Crippen LogP contribution in [0.3, 0.4) is 0 Å². The van der Waals surface area contributed by atoms with E-state index >= 15 is 0 Å². The average molecular weight is 266 g/mol. The Morgan fingerprint density at radius 2 is 2.32 bits per heavy atom. The Morgan fingerprint density at radius 3 is 2.95 bits per heavy atom. The Kier molecular flexibility index (Phi) is 4.61. The summed E-state index contributed by atoms with van der Waals surface area (Å²) >= 11 is 0. The molecule has 2 atom stereocenters. The van der Waals surface area contributed by atoms with E-state index in [2.05, 4.69) is 0 Å². The van der Waals surface area contributed by atoms with E-state index in [-0.39, 0.29) is 12.0 Å². The molecule has 0 unspecified atom stereocenters. The Bertz CT molecular complexity index is 430. The fraction of sp³-hybridized carbons (Fsp3) is 0.643. The zero-order valence-electron chi connectivity index (χ0n) is 11.6. The van der Waals surface area contributed by atoms with Gasteiger partial charge in [0, 0.05) is 45.1 Å². The molecule has 1 aromatic rings. The van der Waals surface area contributed by atoms with Crippen LogP contribution in [0.1, 0.15) is 19.0 Å². The third-order valence-corrected chi connectivity index (χ3v) is 3.62. The van der Waals surface area contributed by atoms with Crippen LogP contribution in [0.25, 0.3) is 0 Å². The summed E-state index contributed by atoms with van der Waals surface area (Å²) in [4.78, 5) is 13.8. The second kappa shape index (κ2) is 6.21. The molecule has 1 aliphatic rings. The second-order valence-electron chi connectivity index (χ2n) is 4.97. The van der Waals surface area contributed by atoms with Gasteiger partial charge < -0.3 is 19.3 Å². The normalized spacial score (nSPS) is 23.0. The summed E-state index contributed by atoms with van der Waals surface area (Å²) in [6.07, 6.45) is 2.39. The number of aryl methyl sites for hydroxylation is 2. The van der Waals surface area contributed by atoms with E-state index < -0.39 is 6.10 Å². The number of carbonyl (C=O) groups is 1. The number of β-amino-alcohol motifs (C(OH)–C–C–N with tert-alkyl or cyclic N) is 1. The number of carbonyl (C=O) groups excluding carboxylic acids is 1. The second-order valence-corrected chi connectivity index (χ2v) is 4.97. The molecule has 1 saturated heterocycles. The Labute approximate surface area is 113 Å². The predicted molar refractivity (Wildman–Crippen MR) is 71.7 cm³/mol. The van der Waals surface area contributed by atoms with Crippen molar-refractivity contribution in [2.75, 3.05) is 19.7 Å². The van der Waals surface area contributed by atoms with Crippen molar-refractivity contribution in [3.63, 3.8) is 0 Å². The number of ether oxygens (including phenoxy) is 1. The van der Waals surface area contributed by atoms with Crippen LogP contribution < -0.4 is 0 Å². The Morgan fingerprint density at radius 1 is 1.53 bits per heavy atom. The number of amides is 1. The highest BCUT2D eigenvalue weighted by Crippen LogP contribution is 2.15. The molecule has 0 aromatic carbocycles. The molecule has 19 heavy (non-hydrogen) atoms. The largest absolute Gasteiger partial charge is 0.388 e. The lowest BCUT2D eigenvalue weighted by molar-refractivity contribution is -0.130. The lowest BCUT2D eigenvalue weighted by Gasteiger charge is -2.16. The van der Waals surface area contributed by atoms with Crippen LogP contribution >= 0.6 is 0 Å². The molecule has 0 radical (unpaired) electrons. The zero-order chi connectivity index (χ0) is 13.8. The fourth-order valence-corrected chi connectivity index (χ4v) is 2.49. The lowest BCUT2D eigenvalue weighted by Crippen LogP contribution is -2.30. The maximum Gasteiger partial charge on any atom is 0.223 e. The zero-order valence-corrected chi connectivity index (χ0v) is 11.6. The molecule has 1 fully saturated rings. The van der Waals surface area contributed by atoms with Crippen LogP contribution in [0.4, 0.5) is 0 Å². The summed E-state index contributed by atoms with van der Waals surface area (Å²) in [6, 6.07) is 4.00. The molecule has 1 N–H and O–H groups in total. The highest BCUT2D eigenvalue weighted by Gasteiger charge is 2.34. The van der Waals surface area contributed by atoms with E-state index in [4.69, 9.17) is 4.74 Å². The summed E-state index contributed by atoms with van der Waals surface area (Å²) < 4.78 is 7.44. The summed E-state index contributed by atoms with van der Waals surface area (Å²) in [5, 5.41) is 9.81. The van der Waals surface area contributed by atoms with Crippen LogP contribution in [0.15, 0.2) is 18.3 Å². The van der Waals surface area contributed by atoms with E-state index in [0.717, 1.165) is 12.1 Å². The number of hydrogen-bond donors (Lipinski definition) is 1. The molecule has 1 aliphatic heterocycles. The molecule has 5 nitrogen and oxygen atoms in total. The molecule has 0 aliphatic carbocycles. The molecule has 2 rings (SSSR count). The number of aliphatic hydroxyl groups is 1. The SMILES string of the molecule is CCO[C@H]1CN(C(=O)CCc2cccn2C)C[C@@H]1O. The number of hydrogen-bond acceptors (Lipinski definition) is 3. The minimum atomic E-state index is -0.557. The Hall–Kier alpha value is -1.33. The van der Waals surface area contributed by atoms with Gasteiger partial charge in [-0.15, -0.1) is 0 Å². The molecule has 0 spiro atoms. The van der Waals surface area contributed by atoms with E-state index in [9.17, 15) is 9.90 Å². The topological polar surface area (TPSA) is 54.7 Å². The number of aromatic nitrogens is 1. The van der Waals surface area contributed by atoms with Crippen molar-refractivity contribution in [2.24, 2.45) is 7.05 Å². The maximum absolute atomic E-state index is 12.1. The van der Waals surface area contributed by atoms with Crippen molar-refractivity contribution < 1.29 is 14.6 Å². The molecule has 0 saturated carbocycles. The highest BCUT2D eigenvalue weighted by atomic mass is 16.5. The number of nitrogens with zero attached hydrogens (tertiary/aromatic N) is 2. The van der Waals surface area contributed by atoms with Gasteiger partial charge in [-0.1, -0.05) is 0 Å². The molecular formula is C14H22N2O3. The van der Waals surface area contributed by atoms with Crippen LogP contribution in [0.5, 0.6) is 0 Å². The van der Waals surface area contributed by atoms with Gasteiger partial charge in [0.1, 0.15) is 6.10 Å². The van der Waals surface area contributed by atoms with E-state index in [1.54, 1.807) is 4.90 Å². The first-order chi connectivity index (χ1) is 9.11. The molecule has 5 heteroatoms. The minimum Gasteiger partial charge on any atom is -0.388 e. The standard InChI is InChI=1S/C14H22N2O3/c1-3-19-13-10-16(9-12(13)17)14(18)7-6-11-5-4-8-15(11)2/h4-5,8,12-13,17H,3,6-7,9-10H2,1-2H3/t12-,13-/m0/s1. The van der Waals surface area contributed by atoms with Gasteiger partial charge in [-0.3, -0.25) is 4.79 Å². The molecule has 1 amide bonds. The predicted octanol–water partition coefficient (Wildman–Crippen LogP) is 0.566. The quantitative estimate of drug-likeness (QED) is 0.847. The number of aliphatic hydroxyl groups excluding tert-OH is 1. The number of rotatable bonds is 5. The summed E-state index contributed by atoms with van der Waals surface area (Å²) in [7, 11) is 1.98. The van der Waals surface area contributed by atoms with Gasteiger partial charge in [0.15, 0.2) is 0 Å². The van der Waals surface area contributed by atoms with Crippen molar-refractivity contribution in [3.8, 4) is 0 Å². The molecule has 2 heterocycles. The van der Waals surface area contributed by atoms with E-state index in [0.29, 0.717) is 26.1 Å². The van der Waals surface area contributed by atoms with Crippen LogP contribution in [-0.2, 0) is 23.0 Å². The maximum atomic E-state index is 12.1. The minimum absolute atomic E-state index is 0.0856. The Balaban J connectivity index is 1.83. The summed E-state index contributed by atoms with van der Waals surface area (Å²) in [6.45, 7) is 3.34. The van der Waals surface area contributed by atoms with Gasteiger partial charge in [0.2, 0.25) is 5.91 Å². The first kappa shape index (κ1) is 14.1. The van der Waals surface area contributed by atoms with Crippen molar-refractivity contribution in [2.45, 2.75) is 32.0 Å². The lowest BCUT2D eigenvalue weighted by atomic mass is 10.2. The van der Waals surface area contributed by atoms with Crippen molar-refractivity contribution in [1.29, 1.82) is 0 Å². The highest BCUT2D eigenvalue weighted by molar-refractivity contribution is 5.76. The third kappa shape index (κ3) is 3.36. The smallest absolute Gasteiger partial charge is 0.223 e. The van der Waals surface area contributed by atoms with Gasteiger partial charge >= 0.3 is 0 Å². The van der Waals surface area contributed by atoms with Crippen molar-refractivity contribution in [1.82, 2.24) is 9.47 Å². The monoisotopic (exact) mass is 266 g/mol. The molecule has 106 valence electrons. The fourth-order valence-electron chi connectivity index (χ4n) is 2.49.